The zero-order valence-corrected chi connectivity index (χ0v) is 10.6. The first-order valence-electron chi connectivity index (χ1n) is 5.97. The number of carbonyl (C=O) groups is 1. The van der Waals surface area contributed by atoms with Gasteiger partial charge in [0.05, 0.1) is 0 Å². The van der Waals surface area contributed by atoms with Crippen LogP contribution in [0.3, 0.4) is 0 Å². The van der Waals surface area contributed by atoms with Crippen molar-refractivity contribution in [1.82, 2.24) is 0 Å². The highest BCUT2D eigenvalue weighted by molar-refractivity contribution is 7.84. The molecule has 0 aromatic carbocycles. The average Bonchev–Trinajstić information content (AvgIpc) is 2.58. The van der Waals surface area contributed by atoms with Crippen molar-refractivity contribution in [3.05, 3.63) is 0 Å². The highest BCUT2D eigenvalue weighted by Gasteiger charge is 2.24. The zero-order valence-electron chi connectivity index (χ0n) is 9.83. The molecule has 0 spiro atoms. The molecule has 2 unspecified atom stereocenters. The van der Waals surface area contributed by atoms with E-state index in [-0.39, 0.29) is 5.92 Å². The molecule has 2 atom stereocenters. The largest absolute Gasteiger partial charge is 0.299 e. The Balaban J connectivity index is 2.13. The molecule has 1 aliphatic rings. The van der Waals surface area contributed by atoms with Crippen LogP contribution in [-0.2, 0) is 15.6 Å². The van der Waals surface area contributed by atoms with E-state index < -0.39 is 10.8 Å². The van der Waals surface area contributed by atoms with Gasteiger partial charge in [0.2, 0.25) is 0 Å². The number of ketones is 1. The number of rotatable bonds is 6. The normalized spacial score (nSPS) is 23.7. The fourth-order valence-corrected chi connectivity index (χ4v) is 3.42. The molecule has 0 amide bonds. The van der Waals surface area contributed by atoms with Gasteiger partial charge in [-0.3, -0.25) is 9.00 Å². The monoisotopic (exact) mass is 230 g/mol. The Morgan fingerprint density at radius 1 is 1.40 bits per heavy atom. The maximum atomic E-state index is 11.6. The van der Waals surface area contributed by atoms with Crippen LogP contribution >= 0.6 is 0 Å². The minimum Gasteiger partial charge on any atom is -0.299 e. The van der Waals surface area contributed by atoms with Crippen molar-refractivity contribution in [1.29, 1.82) is 0 Å². The summed E-state index contributed by atoms with van der Waals surface area (Å²) < 4.78 is 11.6. The summed E-state index contributed by atoms with van der Waals surface area (Å²) in [4.78, 5) is 11.4. The summed E-state index contributed by atoms with van der Waals surface area (Å²) in [6, 6.07) is 0. The Bertz CT molecular complexity index is 236. The summed E-state index contributed by atoms with van der Waals surface area (Å²) >= 11 is 0. The van der Waals surface area contributed by atoms with Gasteiger partial charge in [-0.25, -0.2) is 0 Å². The molecular formula is C12H22O2S. The van der Waals surface area contributed by atoms with Crippen molar-refractivity contribution in [2.45, 2.75) is 46.0 Å². The van der Waals surface area contributed by atoms with E-state index in [1.165, 1.54) is 0 Å². The predicted octanol–water partition coefficient (Wildman–Crippen LogP) is 2.54. The first-order valence-corrected chi connectivity index (χ1v) is 7.46. The van der Waals surface area contributed by atoms with E-state index in [0.29, 0.717) is 11.7 Å². The van der Waals surface area contributed by atoms with E-state index in [2.05, 4.69) is 13.8 Å². The van der Waals surface area contributed by atoms with E-state index in [4.69, 9.17) is 0 Å². The molecule has 0 aromatic rings. The van der Waals surface area contributed by atoms with Gasteiger partial charge < -0.3 is 0 Å². The van der Waals surface area contributed by atoms with Crippen molar-refractivity contribution in [2.75, 3.05) is 11.5 Å². The number of carbonyl (C=O) groups excluding carboxylic acids is 1. The minimum absolute atomic E-state index is 0.230. The number of hydrogen-bond donors (Lipinski definition) is 0. The highest BCUT2D eigenvalue weighted by Crippen LogP contribution is 2.24. The predicted molar refractivity (Wildman–Crippen MR) is 64.3 cm³/mol. The molecule has 88 valence electrons. The van der Waals surface area contributed by atoms with Gasteiger partial charge in [-0.2, -0.15) is 0 Å². The first kappa shape index (κ1) is 12.9. The van der Waals surface area contributed by atoms with Crippen LogP contribution in [0.1, 0.15) is 46.0 Å². The van der Waals surface area contributed by atoms with Gasteiger partial charge >= 0.3 is 0 Å². The molecule has 0 saturated heterocycles. The van der Waals surface area contributed by atoms with E-state index in [0.717, 1.165) is 43.6 Å². The third-order valence-electron chi connectivity index (χ3n) is 3.05. The van der Waals surface area contributed by atoms with Gasteiger partial charge in [0, 0.05) is 34.6 Å². The van der Waals surface area contributed by atoms with Crippen LogP contribution in [0.2, 0.25) is 0 Å². The molecule has 0 radical (unpaired) electrons. The van der Waals surface area contributed by atoms with Gasteiger partial charge in [-0.15, -0.1) is 0 Å². The summed E-state index contributed by atoms with van der Waals surface area (Å²) in [5, 5.41) is 0. The third-order valence-corrected chi connectivity index (χ3v) is 4.43. The SMILES string of the molecule is CC(C)CCS(=O)CCC1CCCC1=O. The van der Waals surface area contributed by atoms with Crippen molar-refractivity contribution in [3.8, 4) is 0 Å². The smallest absolute Gasteiger partial charge is 0.136 e. The topological polar surface area (TPSA) is 34.1 Å². The average molecular weight is 230 g/mol. The fourth-order valence-electron chi connectivity index (χ4n) is 1.94. The standard InChI is InChI=1S/C12H22O2S/c1-10(2)6-8-15(14)9-7-11-4-3-5-12(11)13/h10-11H,3-9H2,1-2H3. The van der Waals surface area contributed by atoms with Crippen LogP contribution in [0.15, 0.2) is 0 Å². The summed E-state index contributed by atoms with van der Waals surface area (Å²) in [5.74, 6) is 2.78. The molecule has 15 heavy (non-hydrogen) atoms. The summed E-state index contributed by atoms with van der Waals surface area (Å²) in [6.07, 6.45) is 4.71. The van der Waals surface area contributed by atoms with Crippen LogP contribution in [0.4, 0.5) is 0 Å². The molecule has 1 saturated carbocycles. The van der Waals surface area contributed by atoms with Crippen molar-refractivity contribution < 1.29 is 9.00 Å². The van der Waals surface area contributed by atoms with Crippen molar-refractivity contribution >= 4 is 16.6 Å². The maximum Gasteiger partial charge on any atom is 0.136 e. The maximum absolute atomic E-state index is 11.6. The lowest BCUT2D eigenvalue weighted by molar-refractivity contribution is -0.120. The highest BCUT2D eigenvalue weighted by atomic mass is 32.2. The van der Waals surface area contributed by atoms with Crippen molar-refractivity contribution in [3.63, 3.8) is 0 Å². The Labute approximate surface area is 95.3 Å². The van der Waals surface area contributed by atoms with Gasteiger partial charge in [0.1, 0.15) is 5.78 Å². The van der Waals surface area contributed by atoms with Crippen LogP contribution in [0.25, 0.3) is 0 Å². The second-order valence-corrected chi connectivity index (χ2v) is 6.57. The molecule has 1 rings (SSSR count). The lowest BCUT2D eigenvalue weighted by atomic mass is 10.1. The molecule has 2 nitrogen and oxygen atoms in total. The molecule has 3 heteroatoms. The van der Waals surface area contributed by atoms with Crippen LogP contribution in [0, 0.1) is 11.8 Å². The van der Waals surface area contributed by atoms with Gasteiger partial charge in [0.25, 0.3) is 0 Å². The second kappa shape index (κ2) is 6.41. The lowest BCUT2D eigenvalue weighted by Gasteiger charge is -2.08. The summed E-state index contributed by atoms with van der Waals surface area (Å²) in [7, 11) is -0.704. The first-order chi connectivity index (χ1) is 7.09. The molecule has 0 heterocycles. The Morgan fingerprint density at radius 2 is 2.13 bits per heavy atom. The van der Waals surface area contributed by atoms with E-state index in [9.17, 15) is 9.00 Å². The molecule has 1 aliphatic carbocycles. The Morgan fingerprint density at radius 3 is 2.67 bits per heavy atom. The van der Waals surface area contributed by atoms with Crippen LogP contribution < -0.4 is 0 Å². The van der Waals surface area contributed by atoms with E-state index in [1.807, 2.05) is 0 Å². The quantitative estimate of drug-likeness (QED) is 0.702. The minimum atomic E-state index is -0.704. The molecule has 0 aliphatic heterocycles. The number of Topliss-reactive ketones (excluding diaryl/α,β-unsaturated/α-hetero) is 1. The summed E-state index contributed by atoms with van der Waals surface area (Å²) in [5.41, 5.74) is 0. The van der Waals surface area contributed by atoms with Gasteiger partial charge in [-0.1, -0.05) is 13.8 Å². The fraction of sp³-hybridized carbons (Fsp3) is 0.917. The van der Waals surface area contributed by atoms with Gasteiger partial charge in [0.15, 0.2) is 0 Å². The zero-order chi connectivity index (χ0) is 11.3. The Hall–Kier alpha value is -0.180. The van der Waals surface area contributed by atoms with E-state index >= 15 is 0 Å². The third kappa shape index (κ3) is 4.92. The molecule has 0 bridgehead atoms. The summed E-state index contributed by atoms with van der Waals surface area (Å²) in [6.45, 7) is 4.30. The lowest BCUT2D eigenvalue weighted by Crippen LogP contribution is -2.12. The van der Waals surface area contributed by atoms with Crippen molar-refractivity contribution in [2.24, 2.45) is 11.8 Å². The van der Waals surface area contributed by atoms with Crippen LogP contribution in [-0.4, -0.2) is 21.5 Å². The van der Waals surface area contributed by atoms with E-state index in [1.54, 1.807) is 0 Å². The van der Waals surface area contributed by atoms with Crippen LogP contribution in [0.5, 0.6) is 0 Å². The molecule has 1 fully saturated rings. The number of hydrogen-bond acceptors (Lipinski definition) is 2. The second-order valence-electron chi connectivity index (χ2n) is 4.87. The Kier molecular flexibility index (Phi) is 5.51. The molecule has 0 aromatic heterocycles. The molecule has 0 N–H and O–H groups in total. The molecular weight excluding hydrogens is 208 g/mol. The van der Waals surface area contributed by atoms with Gasteiger partial charge in [-0.05, 0) is 31.6 Å².